The molecular formula is C43H54BCl3N8O9S2U. The van der Waals surface area contributed by atoms with Gasteiger partial charge in [0.1, 0.15) is 4.90 Å². The van der Waals surface area contributed by atoms with Gasteiger partial charge in [0.25, 0.3) is 9.05 Å². The Morgan fingerprint density at radius 3 is 1.30 bits per heavy atom. The summed E-state index contributed by atoms with van der Waals surface area (Å²) in [4.78, 5) is 37.0. The Hall–Kier alpha value is -4.91. The van der Waals surface area contributed by atoms with Gasteiger partial charge in [-0.3, -0.25) is 33.8 Å². The summed E-state index contributed by atoms with van der Waals surface area (Å²) in [5.41, 5.74) is 10.9. The van der Waals surface area contributed by atoms with Gasteiger partial charge in [-0.15, -0.1) is 24.8 Å². The summed E-state index contributed by atoms with van der Waals surface area (Å²) < 4.78 is 55.2. The number of carbonyl (C=O) groups is 2. The van der Waals surface area contributed by atoms with E-state index in [1.54, 1.807) is 124 Å². The minimum absolute atomic E-state index is 0. The number of carbonyl (C=O) groups excluding carboxylic acids is 2. The first-order valence-corrected chi connectivity index (χ1v) is 21.6. The monoisotopic (exact) mass is 1250 g/mol. The van der Waals surface area contributed by atoms with Crippen molar-refractivity contribution in [3.05, 3.63) is 180 Å². The van der Waals surface area contributed by atoms with Crippen molar-refractivity contribution in [2.24, 2.45) is 21.9 Å². The van der Waals surface area contributed by atoms with Gasteiger partial charge in [0.2, 0.25) is 0 Å². The van der Waals surface area contributed by atoms with Gasteiger partial charge >= 0.3 is 10.1 Å². The Morgan fingerprint density at radius 1 is 0.657 bits per heavy atom. The predicted molar refractivity (Wildman–Crippen MR) is 265 cm³/mol. The topological polar surface area (TPSA) is 280 Å². The fraction of sp³-hybridized carbons (Fsp3) is 0.163. The van der Waals surface area contributed by atoms with Crippen LogP contribution in [0, 0.1) is 45.0 Å². The fourth-order valence-electron chi connectivity index (χ4n) is 4.03. The molecule has 0 saturated carbocycles. The number of nitrogens with two attached hydrogens (primary N) is 2. The molecule has 4 aromatic heterocycles. The van der Waals surface area contributed by atoms with Gasteiger partial charge < -0.3 is 16.1 Å². The van der Waals surface area contributed by atoms with Crippen molar-refractivity contribution < 1.29 is 72.2 Å². The van der Waals surface area contributed by atoms with Crippen LogP contribution in [-0.2, 0) is 23.5 Å². The molecule has 0 spiro atoms. The fourth-order valence-corrected chi connectivity index (χ4v) is 5.57. The summed E-state index contributed by atoms with van der Waals surface area (Å²) in [7, 11) is 1.40. The molecule has 2 radical (unpaired) electrons. The van der Waals surface area contributed by atoms with Crippen LogP contribution in [0.5, 0.6) is 0 Å². The van der Waals surface area contributed by atoms with E-state index in [1.807, 2.05) is 19.9 Å². The first kappa shape index (κ1) is 68.7. The maximum Gasteiger partial charge on any atom is 0.358 e. The number of oxime groups is 2. The quantitative estimate of drug-likeness (QED) is 0.0274. The minimum Gasteiger partial charge on any atom is -0.411 e. The Kier molecular flexibility index (Phi) is 40.1. The van der Waals surface area contributed by atoms with Gasteiger partial charge in [-0.05, 0) is 109 Å². The van der Waals surface area contributed by atoms with E-state index >= 15 is 0 Å². The van der Waals surface area contributed by atoms with Gasteiger partial charge in [-0.25, -0.2) is 14.3 Å². The largest absolute Gasteiger partial charge is 0.411 e. The number of aromatic nitrogens is 4. The minimum atomic E-state index is -3.89. The van der Waals surface area contributed by atoms with Crippen LogP contribution < -0.4 is 11.6 Å². The van der Waals surface area contributed by atoms with Crippen molar-refractivity contribution in [2.45, 2.75) is 51.8 Å². The SMILES string of the molecule is C.C/C(=N\O)c1cccnc1.C/C(=N\OS(=O)(=O)c1ccc(C)cc1)c1cccnc1.CC(=O)c1cccnc1.Cc1ccc(S(=O)(=O)Cl)cc1.Cl.Cl.NCC(=O)c1cccnc1.NO.[2H][B].[U]. The molecule has 6 rings (SSSR count). The van der Waals surface area contributed by atoms with E-state index in [0.717, 1.165) is 16.7 Å². The Morgan fingerprint density at radius 2 is 1.00 bits per heavy atom. The molecule has 6 aromatic rings. The van der Waals surface area contributed by atoms with E-state index in [2.05, 4.69) is 44.5 Å². The van der Waals surface area contributed by atoms with E-state index in [4.69, 9.17) is 32.5 Å². The second-order valence-electron chi connectivity index (χ2n) is 12.1. The Bertz CT molecular complexity index is 2540. The predicted octanol–water partition coefficient (Wildman–Crippen LogP) is 7.39. The third kappa shape index (κ3) is 29.5. The summed E-state index contributed by atoms with van der Waals surface area (Å²) in [5.74, 6) is 3.48. The Labute approximate surface area is 436 Å². The molecule has 4 heterocycles. The van der Waals surface area contributed by atoms with Crippen molar-refractivity contribution in [1.29, 1.82) is 1.34 Å². The molecular weight excluding hydrogens is 1190 g/mol. The summed E-state index contributed by atoms with van der Waals surface area (Å²) in [5, 5.41) is 21.5. The standard InChI is InChI=1S/C14H14N2O3S.C7H7ClO2S.2C7H8N2O.C7H7NO.CH4.BH.2ClH.H3NO.U/c1-11-5-7-14(8-6-11)20(17,18)19-16-12(2)13-4-3-9-15-10-13;1-6-2-4-7(5-3-6)11(8,9)10;1-6(9-10)7-3-2-4-8-5-7;8-4-7(10)6-2-1-3-9-5-6;1-6(9)7-3-2-4-8-5-7;;;;;1-2;/h3-10H,1-2H3;2-5H,1H3;2-5,10H,1H3;1-3,5H,4,8H2;2-5H,1H3;1H4;3*1H;2H,1H2;/b16-12+;;9-6+;;;;;;;;/i;;;;;;1D;;;;. The number of halogens is 3. The van der Waals surface area contributed by atoms with Gasteiger partial charge in [-0.2, -0.15) is 8.42 Å². The van der Waals surface area contributed by atoms with Crippen molar-refractivity contribution in [1.82, 2.24) is 19.9 Å². The zero-order chi connectivity index (χ0) is 48.6. The van der Waals surface area contributed by atoms with Crippen LogP contribution in [0.4, 0.5) is 0 Å². The van der Waals surface area contributed by atoms with Crippen LogP contribution in [0.1, 0.15) is 71.2 Å². The maximum absolute atomic E-state index is 11.9. The number of ketones is 2. The van der Waals surface area contributed by atoms with Crippen LogP contribution in [0.15, 0.2) is 167 Å². The zero-order valence-corrected chi connectivity index (χ0v) is 44.4. The molecule has 24 heteroatoms. The van der Waals surface area contributed by atoms with Crippen LogP contribution in [0.3, 0.4) is 0 Å². The number of hydrogen-bond acceptors (Lipinski definition) is 17. The molecule has 0 fully saturated rings. The molecule has 0 saturated heterocycles. The third-order valence-corrected chi connectivity index (χ3v) is 9.92. The molecule has 360 valence electrons. The average Bonchev–Trinajstić information content (AvgIpc) is 3.33. The van der Waals surface area contributed by atoms with Gasteiger partial charge in [0, 0.05) is 122 Å². The first-order chi connectivity index (χ1) is 30.5. The molecule has 0 aliphatic heterocycles. The van der Waals surface area contributed by atoms with Crippen LogP contribution in [0.2, 0.25) is 0 Å². The molecule has 67 heavy (non-hydrogen) atoms. The Balaban J connectivity index is -0.000000243. The summed E-state index contributed by atoms with van der Waals surface area (Å²) in [6.07, 6.45) is 12.9. The summed E-state index contributed by atoms with van der Waals surface area (Å²) in [6.45, 7) is 8.70. The molecule has 6 N–H and O–H groups in total. The number of pyridine rings is 4. The van der Waals surface area contributed by atoms with Crippen molar-refractivity contribution >= 4 is 86.0 Å². The smallest absolute Gasteiger partial charge is 0.358 e. The number of rotatable bonds is 9. The van der Waals surface area contributed by atoms with E-state index in [0.29, 0.717) is 28.1 Å². The molecule has 0 atom stereocenters. The van der Waals surface area contributed by atoms with Crippen LogP contribution >= 0.6 is 35.5 Å². The molecule has 2 aromatic carbocycles. The number of nitrogens with zero attached hydrogens (tertiary/aromatic N) is 6. The normalized spacial score (nSPS) is 10.0. The molecule has 0 unspecified atom stereocenters. The van der Waals surface area contributed by atoms with E-state index in [-0.39, 0.29) is 91.3 Å². The van der Waals surface area contributed by atoms with Crippen LogP contribution in [-0.4, -0.2) is 86.4 Å². The number of Topliss-reactive ketones (excluding diaryl/α,β-unsaturated/α-hetero) is 2. The zero-order valence-electron chi connectivity index (χ0n) is 37.2. The van der Waals surface area contributed by atoms with Crippen molar-refractivity contribution in [3.8, 4) is 0 Å². The maximum atomic E-state index is 11.9. The molecule has 0 bridgehead atoms. The molecule has 0 aliphatic carbocycles. The van der Waals surface area contributed by atoms with E-state index in [1.165, 1.54) is 37.4 Å². The van der Waals surface area contributed by atoms with Crippen molar-refractivity contribution in [2.75, 3.05) is 6.54 Å². The first-order valence-electron chi connectivity index (χ1n) is 18.4. The number of hydrogen-bond donors (Lipinski definition) is 4. The van der Waals surface area contributed by atoms with Crippen molar-refractivity contribution in [3.63, 3.8) is 0 Å². The number of benzene rings is 2. The van der Waals surface area contributed by atoms with Gasteiger partial charge in [0.05, 0.1) is 22.9 Å². The van der Waals surface area contributed by atoms with E-state index < -0.39 is 19.2 Å². The number of aryl methyl sites for hydroxylation is 2. The van der Waals surface area contributed by atoms with Gasteiger partial charge in [0.15, 0.2) is 11.6 Å². The molecule has 0 aliphatic rings. The second-order valence-corrected chi connectivity index (χ2v) is 16.2. The van der Waals surface area contributed by atoms with E-state index in [9.17, 15) is 26.4 Å². The second kappa shape index (κ2) is 39.1. The summed E-state index contributed by atoms with van der Waals surface area (Å²) in [6, 6.07) is 26.8. The average molecular weight is 1250 g/mol. The van der Waals surface area contributed by atoms with Crippen LogP contribution in [0.25, 0.3) is 0 Å². The molecule has 0 amide bonds. The molecule has 17 nitrogen and oxygen atoms in total. The van der Waals surface area contributed by atoms with Gasteiger partial charge in [-0.1, -0.05) is 53.1 Å². The third-order valence-electron chi connectivity index (χ3n) is 7.43. The summed E-state index contributed by atoms with van der Waals surface area (Å²) >= 11 is 0.